The second-order valence-electron chi connectivity index (χ2n) is 5.69. The van der Waals surface area contributed by atoms with Crippen LogP contribution in [0.5, 0.6) is 0 Å². The maximum absolute atomic E-state index is 12.1. The summed E-state index contributed by atoms with van der Waals surface area (Å²) in [5, 5.41) is 11.7. The van der Waals surface area contributed by atoms with E-state index in [0.717, 1.165) is 5.56 Å². The van der Waals surface area contributed by atoms with E-state index in [1.165, 1.54) is 6.07 Å². The monoisotopic (exact) mass is 292 g/mol. The van der Waals surface area contributed by atoms with Crippen LogP contribution in [-0.2, 0) is 11.3 Å². The Morgan fingerprint density at radius 1 is 1.43 bits per heavy atom. The lowest BCUT2D eigenvalue weighted by molar-refractivity contribution is -0.0733. The summed E-state index contributed by atoms with van der Waals surface area (Å²) in [7, 11) is 0. The van der Waals surface area contributed by atoms with Gasteiger partial charge in [-0.25, -0.2) is 9.59 Å². The lowest BCUT2D eigenvalue weighted by Gasteiger charge is -2.38. The van der Waals surface area contributed by atoms with Crippen LogP contribution >= 0.6 is 0 Å². The first-order valence-electron chi connectivity index (χ1n) is 6.86. The fourth-order valence-electron chi connectivity index (χ4n) is 2.29. The van der Waals surface area contributed by atoms with Gasteiger partial charge in [-0.1, -0.05) is 12.1 Å². The average molecular weight is 292 g/mol. The van der Waals surface area contributed by atoms with Crippen molar-refractivity contribution in [1.29, 1.82) is 0 Å². The largest absolute Gasteiger partial charge is 0.478 e. The maximum atomic E-state index is 12.1. The van der Waals surface area contributed by atoms with Gasteiger partial charge in [-0.3, -0.25) is 0 Å². The van der Waals surface area contributed by atoms with Gasteiger partial charge in [0.15, 0.2) is 0 Å². The highest BCUT2D eigenvalue weighted by atomic mass is 16.5. The molecule has 1 aromatic carbocycles. The van der Waals surface area contributed by atoms with E-state index in [0.29, 0.717) is 26.2 Å². The van der Waals surface area contributed by atoms with Crippen LogP contribution in [-0.4, -0.2) is 47.3 Å². The summed E-state index contributed by atoms with van der Waals surface area (Å²) >= 11 is 0. The van der Waals surface area contributed by atoms with Crippen LogP contribution in [0.1, 0.15) is 29.8 Å². The van der Waals surface area contributed by atoms with Gasteiger partial charge < -0.3 is 20.1 Å². The van der Waals surface area contributed by atoms with Crippen LogP contribution in [0.25, 0.3) is 0 Å². The molecule has 1 aromatic rings. The Morgan fingerprint density at radius 3 is 2.86 bits per heavy atom. The number of benzene rings is 1. The van der Waals surface area contributed by atoms with Crippen molar-refractivity contribution in [2.75, 3.05) is 19.7 Å². The minimum Gasteiger partial charge on any atom is -0.478 e. The fraction of sp³-hybridized carbons (Fsp3) is 0.467. The highest BCUT2D eigenvalue weighted by Gasteiger charge is 2.29. The van der Waals surface area contributed by atoms with Gasteiger partial charge in [-0.05, 0) is 31.5 Å². The van der Waals surface area contributed by atoms with Crippen molar-refractivity contribution < 1.29 is 19.4 Å². The van der Waals surface area contributed by atoms with E-state index in [9.17, 15) is 9.59 Å². The van der Waals surface area contributed by atoms with E-state index in [2.05, 4.69) is 5.32 Å². The van der Waals surface area contributed by atoms with Crippen LogP contribution in [0.15, 0.2) is 24.3 Å². The Balaban J connectivity index is 1.92. The van der Waals surface area contributed by atoms with Crippen molar-refractivity contribution >= 4 is 12.0 Å². The van der Waals surface area contributed by atoms with Crippen molar-refractivity contribution in [3.63, 3.8) is 0 Å². The average Bonchev–Trinajstić information content (AvgIpc) is 2.44. The third-order valence-corrected chi connectivity index (χ3v) is 3.33. The molecular formula is C15H20N2O4. The number of hydrogen-bond donors (Lipinski definition) is 2. The number of carbonyl (C=O) groups is 2. The first-order valence-corrected chi connectivity index (χ1v) is 6.86. The van der Waals surface area contributed by atoms with E-state index in [1.54, 1.807) is 23.1 Å². The number of amides is 2. The first-order chi connectivity index (χ1) is 9.87. The minimum absolute atomic E-state index is 0.160. The molecule has 0 aromatic heterocycles. The van der Waals surface area contributed by atoms with E-state index in [4.69, 9.17) is 9.84 Å². The predicted molar refractivity (Wildman–Crippen MR) is 77.2 cm³/mol. The zero-order valence-corrected chi connectivity index (χ0v) is 12.3. The first kappa shape index (κ1) is 15.3. The summed E-state index contributed by atoms with van der Waals surface area (Å²) in [4.78, 5) is 24.7. The standard InChI is InChI=1S/C15H20N2O4/c1-15(2)10-17(6-7-21-15)14(20)16-9-11-4-3-5-12(8-11)13(18)19/h3-5,8H,6-7,9-10H2,1-2H3,(H,16,20)(H,18,19). The Kier molecular flexibility index (Phi) is 4.47. The number of hydrogen-bond acceptors (Lipinski definition) is 3. The lowest BCUT2D eigenvalue weighted by atomic mass is 10.1. The molecule has 1 aliphatic rings. The summed E-state index contributed by atoms with van der Waals surface area (Å²) in [6.45, 7) is 5.82. The minimum atomic E-state index is -0.974. The number of urea groups is 1. The highest BCUT2D eigenvalue weighted by molar-refractivity contribution is 5.87. The molecule has 1 aliphatic heterocycles. The zero-order valence-electron chi connectivity index (χ0n) is 12.3. The number of nitrogens with one attached hydrogen (secondary N) is 1. The van der Waals surface area contributed by atoms with E-state index < -0.39 is 5.97 Å². The van der Waals surface area contributed by atoms with Crippen LogP contribution < -0.4 is 5.32 Å². The maximum Gasteiger partial charge on any atom is 0.335 e. The number of aromatic carboxylic acids is 1. The third kappa shape index (κ3) is 4.19. The number of carboxylic acid groups (broad SMARTS) is 1. The van der Waals surface area contributed by atoms with Crippen LogP contribution in [0, 0.1) is 0 Å². The Bertz CT molecular complexity index is 542. The smallest absolute Gasteiger partial charge is 0.335 e. The number of rotatable bonds is 3. The van der Waals surface area contributed by atoms with Gasteiger partial charge in [-0.2, -0.15) is 0 Å². The molecule has 0 spiro atoms. The molecule has 1 saturated heterocycles. The topological polar surface area (TPSA) is 78.9 Å². The molecule has 0 aliphatic carbocycles. The van der Waals surface area contributed by atoms with E-state index >= 15 is 0 Å². The Hall–Kier alpha value is -2.08. The predicted octanol–water partition coefficient (Wildman–Crippen LogP) is 1.71. The molecule has 6 nitrogen and oxygen atoms in total. The summed E-state index contributed by atoms with van der Waals surface area (Å²) < 4.78 is 5.56. The molecule has 21 heavy (non-hydrogen) atoms. The number of carboxylic acids is 1. The van der Waals surface area contributed by atoms with Crippen molar-refractivity contribution in [3.8, 4) is 0 Å². The van der Waals surface area contributed by atoms with Crippen LogP contribution in [0.2, 0.25) is 0 Å². The number of nitrogens with zero attached hydrogens (tertiary/aromatic N) is 1. The van der Waals surface area contributed by atoms with Gasteiger partial charge in [0.25, 0.3) is 0 Å². The Labute approximate surface area is 123 Å². The molecule has 0 radical (unpaired) electrons. The molecule has 1 fully saturated rings. The van der Waals surface area contributed by atoms with Crippen molar-refractivity contribution in [2.45, 2.75) is 26.0 Å². The molecule has 1 heterocycles. The number of morpholine rings is 1. The second-order valence-corrected chi connectivity index (χ2v) is 5.69. The van der Waals surface area contributed by atoms with Crippen molar-refractivity contribution in [3.05, 3.63) is 35.4 Å². The molecule has 0 bridgehead atoms. The van der Waals surface area contributed by atoms with Crippen LogP contribution in [0.3, 0.4) is 0 Å². The van der Waals surface area contributed by atoms with Crippen molar-refractivity contribution in [1.82, 2.24) is 10.2 Å². The van der Waals surface area contributed by atoms with Gasteiger partial charge in [0.2, 0.25) is 0 Å². The zero-order chi connectivity index (χ0) is 15.5. The molecule has 2 amide bonds. The second kappa shape index (κ2) is 6.13. The van der Waals surface area contributed by atoms with Gasteiger partial charge in [-0.15, -0.1) is 0 Å². The number of carbonyl (C=O) groups excluding carboxylic acids is 1. The normalized spacial score (nSPS) is 17.3. The molecule has 0 saturated carbocycles. The molecule has 2 rings (SSSR count). The summed E-state index contributed by atoms with van der Waals surface area (Å²) in [5.41, 5.74) is 0.642. The molecular weight excluding hydrogens is 272 g/mol. The van der Waals surface area contributed by atoms with Gasteiger partial charge >= 0.3 is 12.0 Å². The lowest BCUT2D eigenvalue weighted by Crippen LogP contribution is -2.53. The summed E-state index contributed by atoms with van der Waals surface area (Å²) in [6.07, 6.45) is 0. The Morgan fingerprint density at radius 2 is 2.19 bits per heavy atom. The summed E-state index contributed by atoms with van der Waals surface area (Å²) in [5.74, 6) is -0.974. The van der Waals surface area contributed by atoms with E-state index in [-0.39, 0.29) is 17.2 Å². The fourth-order valence-corrected chi connectivity index (χ4v) is 2.29. The van der Waals surface area contributed by atoms with Crippen molar-refractivity contribution in [2.24, 2.45) is 0 Å². The molecule has 2 N–H and O–H groups in total. The number of ether oxygens (including phenoxy) is 1. The summed E-state index contributed by atoms with van der Waals surface area (Å²) in [6, 6.07) is 6.38. The third-order valence-electron chi connectivity index (χ3n) is 3.33. The van der Waals surface area contributed by atoms with Gasteiger partial charge in [0.05, 0.1) is 24.3 Å². The molecule has 6 heteroatoms. The highest BCUT2D eigenvalue weighted by Crippen LogP contribution is 2.16. The van der Waals surface area contributed by atoms with Crippen LogP contribution in [0.4, 0.5) is 4.79 Å². The molecule has 0 atom stereocenters. The van der Waals surface area contributed by atoms with Gasteiger partial charge in [0.1, 0.15) is 0 Å². The molecule has 0 unspecified atom stereocenters. The van der Waals surface area contributed by atoms with E-state index in [1.807, 2.05) is 13.8 Å². The molecule has 114 valence electrons. The quantitative estimate of drug-likeness (QED) is 0.889. The SMILES string of the molecule is CC1(C)CN(C(=O)NCc2cccc(C(=O)O)c2)CCO1. The van der Waals surface area contributed by atoms with Gasteiger partial charge in [0, 0.05) is 13.1 Å².